The van der Waals surface area contributed by atoms with E-state index in [0.717, 1.165) is 0 Å². The highest BCUT2D eigenvalue weighted by molar-refractivity contribution is 5.24. The van der Waals surface area contributed by atoms with Gasteiger partial charge in [0.25, 0.3) is 0 Å². The second kappa shape index (κ2) is 9.33. The molecule has 0 aliphatic rings. The molecule has 0 saturated heterocycles. The standard InChI is InChI=1S/C24H26O2/c1-19-6-3-8-21(12-19)15-25-17-23-10-5-11-24(14-23)18-26-16-22-9-4-7-20(2)13-22/h3-14H,15-18H2,1-2H3. The summed E-state index contributed by atoms with van der Waals surface area (Å²) < 4.78 is 11.7. The highest BCUT2D eigenvalue weighted by atomic mass is 16.5. The lowest BCUT2D eigenvalue weighted by atomic mass is 10.1. The van der Waals surface area contributed by atoms with Crippen LogP contribution in [0.4, 0.5) is 0 Å². The molecule has 2 nitrogen and oxygen atoms in total. The van der Waals surface area contributed by atoms with Crippen molar-refractivity contribution in [2.75, 3.05) is 0 Å². The summed E-state index contributed by atoms with van der Waals surface area (Å²) in [5.41, 5.74) is 7.30. The summed E-state index contributed by atoms with van der Waals surface area (Å²) in [4.78, 5) is 0. The van der Waals surface area contributed by atoms with Gasteiger partial charge in [-0.05, 0) is 36.1 Å². The minimum Gasteiger partial charge on any atom is -0.372 e. The molecule has 0 heterocycles. The van der Waals surface area contributed by atoms with Crippen LogP contribution in [-0.4, -0.2) is 0 Å². The first-order valence-corrected chi connectivity index (χ1v) is 9.03. The average Bonchev–Trinajstić information content (AvgIpc) is 2.62. The molecule has 26 heavy (non-hydrogen) atoms. The quantitative estimate of drug-likeness (QED) is 0.518. The molecule has 0 amide bonds. The largest absolute Gasteiger partial charge is 0.372 e. The third-order valence-corrected chi connectivity index (χ3v) is 4.23. The summed E-state index contributed by atoms with van der Waals surface area (Å²) in [5, 5.41) is 0. The molecule has 134 valence electrons. The second-order valence-corrected chi connectivity index (χ2v) is 6.78. The van der Waals surface area contributed by atoms with Gasteiger partial charge in [-0.15, -0.1) is 0 Å². The van der Waals surface area contributed by atoms with Crippen molar-refractivity contribution in [3.63, 3.8) is 0 Å². The zero-order chi connectivity index (χ0) is 18.2. The first-order valence-electron chi connectivity index (χ1n) is 9.03. The molecule has 0 aromatic heterocycles. The van der Waals surface area contributed by atoms with Crippen LogP contribution in [0, 0.1) is 13.8 Å². The summed E-state index contributed by atoms with van der Waals surface area (Å²) >= 11 is 0. The summed E-state index contributed by atoms with van der Waals surface area (Å²) in [7, 11) is 0. The van der Waals surface area contributed by atoms with E-state index in [1.165, 1.54) is 33.4 Å². The molecule has 0 aliphatic carbocycles. The molecule has 0 radical (unpaired) electrons. The van der Waals surface area contributed by atoms with E-state index in [0.29, 0.717) is 26.4 Å². The lowest BCUT2D eigenvalue weighted by Crippen LogP contribution is -1.98. The van der Waals surface area contributed by atoms with Gasteiger partial charge < -0.3 is 9.47 Å². The van der Waals surface area contributed by atoms with E-state index in [2.05, 4.69) is 86.6 Å². The Morgan fingerprint density at radius 3 is 1.23 bits per heavy atom. The summed E-state index contributed by atoms with van der Waals surface area (Å²) in [6.45, 7) is 6.69. The number of benzene rings is 3. The van der Waals surface area contributed by atoms with E-state index in [-0.39, 0.29) is 0 Å². The molecule has 0 saturated carbocycles. The van der Waals surface area contributed by atoms with Crippen LogP contribution in [0.5, 0.6) is 0 Å². The lowest BCUT2D eigenvalue weighted by molar-refractivity contribution is 0.103. The van der Waals surface area contributed by atoms with E-state index < -0.39 is 0 Å². The molecule has 0 spiro atoms. The normalized spacial score (nSPS) is 10.8. The fourth-order valence-electron chi connectivity index (χ4n) is 2.99. The lowest BCUT2D eigenvalue weighted by Gasteiger charge is -2.09. The molecule has 0 aliphatic heterocycles. The Kier molecular flexibility index (Phi) is 6.59. The van der Waals surface area contributed by atoms with Gasteiger partial charge >= 0.3 is 0 Å². The first-order chi connectivity index (χ1) is 12.7. The molecule has 0 unspecified atom stereocenters. The monoisotopic (exact) mass is 346 g/mol. The predicted octanol–water partition coefficient (Wildman–Crippen LogP) is 5.74. The number of hydrogen-bond donors (Lipinski definition) is 0. The van der Waals surface area contributed by atoms with Gasteiger partial charge in [0.1, 0.15) is 0 Å². The Morgan fingerprint density at radius 1 is 0.500 bits per heavy atom. The topological polar surface area (TPSA) is 18.5 Å². The van der Waals surface area contributed by atoms with Crippen molar-refractivity contribution in [2.24, 2.45) is 0 Å². The first kappa shape index (κ1) is 18.4. The molecular formula is C24H26O2. The van der Waals surface area contributed by atoms with Crippen LogP contribution >= 0.6 is 0 Å². The maximum atomic E-state index is 5.86. The van der Waals surface area contributed by atoms with Crippen LogP contribution in [0.2, 0.25) is 0 Å². The van der Waals surface area contributed by atoms with Crippen LogP contribution in [0.1, 0.15) is 33.4 Å². The summed E-state index contributed by atoms with van der Waals surface area (Å²) in [6, 6.07) is 25.3. The van der Waals surface area contributed by atoms with Gasteiger partial charge in [0, 0.05) is 0 Å². The highest BCUT2D eigenvalue weighted by Crippen LogP contribution is 2.12. The van der Waals surface area contributed by atoms with Crippen LogP contribution < -0.4 is 0 Å². The van der Waals surface area contributed by atoms with E-state index in [4.69, 9.17) is 9.47 Å². The second-order valence-electron chi connectivity index (χ2n) is 6.78. The fourth-order valence-corrected chi connectivity index (χ4v) is 2.99. The molecular weight excluding hydrogens is 320 g/mol. The molecule has 0 bridgehead atoms. The number of rotatable bonds is 8. The van der Waals surface area contributed by atoms with E-state index in [1.807, 2.05) is 0 Å². The van der Waals surface area contributed by atoms with Crippen molar-refractivity contribution in [2.45, 2.75) is 40.3 Å². The number of ether oxygens (including phenoxy) is 2. The van der Waals surface area contributed by atoms with Crippen LogP contribution in [0.3, 0.4) is 0 Å². The molecule has 3 aromatic carbocycles. The SMILES string of the molecule is Cc1cccc(COCc2cccc(COCc3cccc(C)c3)c2)c1. The Morgan fingerprint density at radius 2 is 0.846 bits per heavy atom. The molecule has 3 rings (SSSR count). The van der Waals surface area contributed by atoms with Gasteiger partial charge in [-0.1, -0.05) is 83.9 Å². The van der Waals surface area contributed by atoms with Crippen molar-refractivity contribution >= 4 is 0 Å². The smallest absolute Gasteiger partial charge is 0.0721 e. The van der Waals surface area contributed by atoms with Gasteiger partial charge in [-0.3, -0.25) is 0 Å². The van der Waals surface area contributed by atoms with Crippen molar-refractivity contribution < 1.29 is 9.47 Å². The fraction of sp³-hybridized carbons (Fsp3) is 0.250. The highest BCUT2D eigenvalue weighted by Gasteiger charge is 2.00. The van der Waals surface area contributed by atoms with E-state index in [1.54, 1.807) is 0 Å². The van der Waals surface area contributed by atoms with Crippen molar-refractivity contribution in [1.82, 2.24) is 0 Å². The maximum Gasteiger partial charge on any atom is 0.0721 e. The van der Waals surface area contributed by atoms with Crippen molar-refractivity contribution in [3.8, 4) is 0 Å². The van der Waals surface area contributed by atoms with Crippen LogP contribution in [-0.2, 0) is 35.9 Å². The average molecular weight is 346 g/mol. The van der Waals surface area contributed by atoms with Gasteiger partial charge in [-0.25, -0.2) is 0 Å². The third-order valence-electron chi connectivity index (χ3n) is 4.23. The third kappa shape index (κ3) is 5.83. The maximum absolute atomic E-state index is 5.86. The zero-order valence-electron chi connectivity index (χ0n) is 15.6. The van der Waals surface area contributed by atoms with E-state index in [9.17, 15) is 0 Å². The summed E-state index contributed by atoms with van der Waals surface area (Å²) in [6.07, 6.45) is 0. The minimum atomic E-state index is 0.611. The number of aryl methyl sites for hydroxylation is 2. The molecule has 3 aromatic rings. The van der Waals surface area contributed by atoms with Gasteiger partial charge in [-0.2, -0.15) is 0 Å². The van der Waals surface area contributed by atoms with Crippen molar-refractivity contribution in [3.05, 3.63) is 106 Å². The van der Waals surface area contributed by atoms with Crippen LogP contribution in [0.25, 0.3) is 0 Å². The van der Waals surface area contributed by atoms with Crippen LogP contribution in [0.15, 0.2) is 72.8 Å². The Hall–Kier alpha value is -2.42. The molecule has 0 atom stereocenters. The van der Waals surface area contributed by atoms with Gasteiger partial charge in [0.2, 0.25) is 0 Å². The van der Waals surface area contributed by atoms with Gasteiger partial charge in [0.15, 0.2) is 0 Å². The minimum absolute atomic E-state index is 0.611. The molecule has 2 heteroatoms. The zero-order valence-corrected chi connectivity index (χ0v) is 15.6. The molecule has 0 N–H and O–H groups in total. The van der Waals surface area contributed by atoms with Gasteiger partial charge in [0.05, 0.1) is 26.4 Å². The number of hydrogen-bond acceptors (Lipinski definition) is 2. The summed E-state index contributed by atoms with van der Waals surface area (Å²) in [5.74, 6) is 0. The molecule has 0 fully saturated rings. The Balaban J connectivity index is 1.46. The Bertz CT molecular complexity index is 772. The van der Waals surface area contributed by atoms with E-state index >= 15 is 0 Å². The predicted molar refractivity (Wildman–Crippen MR) is 106 cm³/mol. The Labute approximate surface area is 156 Å². The van der Waals surface area contributed by atoms with Crippen molar-refractivity contribution in [1.29, 1.82) is 0 Å².